The summed E-state index contributed by atoms with van der Waals surface area (Å²) in [5.74, 6) is 4.38. The van der Waals surface area contributed by atoms with Crippen LogP contribution in [0.25, 0.3) is 0 Å². The van der Waals surface area contributed by atoms with Gasteiger partial charge in [-0.1, -0.05) is 13.8 Å². The Morgan fingerprint density at radius 2 is 1.86 bits per heavy atom. The van der Waals surface area contributed by atoms with Crippen molar-refractivity contribution in [3.63, 3.8) is 0 Å². The third kappa shape index (κ3) is 3.22. The average Bonchev–Trinajstić information content (AvgIpc) is 3.35. The first-order valence-corrected chi connectivity index (χ1v) is 12.4. The topological polar surface area (TPSA) is 48.4 Å². The molecule has 0 saturated heterocycles. The van der Waals surface area contributed by atoms with Gasteiger partial charge in [0.05, 0.1) is 18.6 Å². The molecule has 0 spiro atoms. The summed E-state index contributed by atoms with van der Waals surface area (Å²) in [6.45, 7) is 6.88. The van der Waals surface area contributed by atoms with E-state index < -0.39 is 0 Å². The highest BCUT2D eigenvalue weighted by Crippen LogP contribution is 2.69. The first-order valence-electron chi connectivity index (χ1n) is 12.4. The molecule has 3 nitrogen and oxygen atoms in total. The smallest absolute Gasteiger partial charge is 0.0937 e. The van der Waals surface area contributed by atoms with Crippen LogP contribution in [0.15, 0.2) is 23.0 Å². The Kier molecular flexibility index (Phi) is 5.35. The Bertz CT molecular complexity index is 687. The number of ether oxygens (including phenoxy) is 1. The molecule has 1 aromatic heterocycles. The van der Waals surface area contributed by atoms with Gasteiger partial charge in [-0.2, -0.15) is 0 Å². The molecule has 0 aliphatic heterocycles. The lowest BCUT2D eigenvalue weighted by molar-refractivity contribution is -0.131. The highest BCUT2D eigenvalue weighted by atomic mass is 16.5. The number of nitrogens with two attached hydrogens (primary N) is 1. The maximum Gasteiger partial charge on any atom is 0.0937 e. The number of rotatable bonds is 5. The molecular formula is C26H41NO2. The lowest BCUT2D eigenvalue weighted by Crippen LogP contribution is -2.53. The van der Waals surface area contributed by atoms with Crippen LogP contribution in [-0.2, 0) is 4.74 Å². The van der Waals surface area contributed by atoms with Gasteiger partial charge in [0.2, 0.25) is 0 Å². The van der Waals surface area contributed by atoms with Crippen LogP contribution in [0.3, 0.4) is 0 Å². The zero-order chi connectivity index (χ0) is 20.1. The predicted molar refractivity (Wildman–Crippen MR) is 117 cm³/mol. The van der Waals surface area contributed by atoms with Gasteiger partial charge in [0.25, 0.3) is 0 Å². The van der Waals surface area contributed by atoms with Gasteiger partial charge >= 0.3 is 0 Å². The SMILES string of the molecule is C[C@]12CC[C@H](OCCCN)C[C@H]1CC[C@@H]1[C@@H]2CC[C@]2(C)[C@@H](c3ccoc3)CC[C@@H]12. The van der Waals surface area contributed by atoms with Gasteiger partial charge < -0.3 is 14.9 Å². The fourth-order valence-corrected chi connectivity index (χ4v) is 8.72. The van der Waals surface area contributed by atoms with Crippen LogP contribution in [0, 0.1) is 34.5 Å². The van der Waals surface area contributed by atoms with Crippen LogP contribution in [0.2, 0.25) is 0 Å². The Hall–Kier alpha value is -0.800. The Labute approximate surface area is 177 Å². The van der Waals surface area contributed by atoms with E-state index in [1.54, 1.807) is 0 Å². The number of furan rings is 1. The second-order valence-corrected chi connectivity index (χ2v) is 11.3. The molecule has 8 atom stereocenters. The monoisotopic (exact) mass is 399 g/mol. The summed E-state index contributed by atoms with van der Waals surface area (Å²) in [6.07, 6.45) is 17.8. The fraction of sp³-hybridized carbons (Fsp3) is 0.846. The van der Waals surface area contributed by atoms with Crippen molar-refractivity contribution in [2.75, 3.05) is 13.2 Å². The van der Waals surface area contributed by atoms with Crippen LogP contribution < -0.4 is 5.73 Å². The van der Waals surface area contributed by atoms with E-state index >= 15 is 0 Å². The van der Waals surface area contributed by atoms with E-state index in [4.69, 9.17) is 14.9 Å². The van der Waals surface area contributed by atoms with Crippen LogP contribution in [-0.4, -0.2) is 19.3 Å². The highest BCUT2D eigenvalue weighted by Gasteiger charge is 2.60. The van der Waals surface area contributed by atoms with Crippen molar-refractivity contribution in [2.45, 2.75) is 90.1 Å². The van der Waals surface area contributed by atoms with Gasteiger partial charge in [-0.05, 0) is 123 Å². The molecular weight excluding hydrogens is 358 g/mol. The van der Waals surface area contributed by atoms with Crippen LogP contribution in [0.1, 0.15) is 89.5 Å². The van der Waals surface area contributed by atoms with E-state index in [9.17, 15) is 0 Å². The molecule has 162 valence electrons. The first kappa shape index (κ1) is 20.1. The molecule has 4 aliphatic carbocycles. The third-order valence-electron chi connectivity index (χ3n) is 10.3. The quantitative estimate of drug-likeness (QED) is 0.605. The molecule has 1 aromatic rings. The van der Waals surface area contributed by atoms with E-state index in [1.807, 2.05) is 12.5 Å². The van der Waals surface area contributed by atoms with E-state index in [0.29, 0.717) is 22.9 Å². The normalized spacial score (nSPS) is 46.7. The maximum absolute atomic E-state index is 6.21. The predicted octanol–water partition coefficient (Wildman–Crippen LogP) is 6.14. The second-order valence-electron chi connectivity index (χ2n) is 11.3. The van der Waals surface area contributed by atoms with Crippen molar-refractivity contribution in [2.24, 2.45) is 40.2 Å². The molecule has 29 heavy (non-hydrogen) atoms. The van der Waals surface area contributed by atoms with Crippen molar-refractivity contribution >= 4 is 0 Å². The van der Waals surface area contributed by atoms with Crippen LogP contribution in [0.5, 0.6) is 0 Å². The molecule has 5 rings (SSSR count). The summed E-state index contributed by atoms with van der Waals surface area (Å²) in [5.41, 5.74) is 8.15. The van der Waals surface area contributed by atoms with Gasteiger partial charge in [-0.3, -0.25) is 0 Å². The fourth-order valence-electron chi connectivity index (χ4n) is 8.72. The number of fused-ring (bicyclic) bond motifs is 5. The Morgan fingerprint density at radius 1 is 1.03 bits per heavy atom. The van der Waals surface area contributed by atoms with Crippen LogP contribution >= 0.6 is 0 Å². The van der Waals surface area contributed by atoms with E-state index in [-0.39, 0.29) is 0 Å². The third-order valence-corrected chi connectivity index (χ3v) is 10.3. The minimum absolute atomic E-state index is 0.483. The largest absolute Gasteiger partial charge is 0.472 e. The molecule has 0 aromatic carbocycles. The zero-order valence-electron chi connectivity index (χ0n) is 18.6. The van der Waals surface area contributed by atoms with Gasteiger partial charge in [-0.25, -0.2) is 0 Å². The van der Waals surface area contributed by atoms with Crippen molar-refractivity contribution < 1.29 is 9.15 Å². The summed E-state index contributed by atoms with van der Waals surface area (Å²) in [7, 11) is 0. The van der Waals surface area contributed by atoms with Gasteiger partial charge in [0.1, 0.15) is 0 Å². The number of hydrogen-bond acceptors (Lipinski definition) is 3. The Balaban J connectivity index is 1.31. The molecule has 4 aliphatic rings. The lowest BCUT2D eigenvalue weighted by Gasteiger charge is -2.61. The highest BCUT2D eigenvalue weighted by molar-refractivity contribution is 5.22. The molecule has 4 saturated carbocycles. The molecule has 3 heteroatoms. The minimum Gasteiger partial charge on any atom is -0.472 e. The molecule has 4 fully saturated rings. The van der Waals surface area contributed by atoms with E-state index in [1.165, 1.54) is 63.4 Å². The molecule has 0 unspecified atom stereocenters. The minimum atomic E-state index is 0.483. The summed E-state index contributed by atoms with van der Waals surface area (Å²) >= 11 is 0. The average molecular weight is 400 g/mol. The first-order chi connectivity index (χ1) is 14.1. The van der Waals surface area contributed by atoms with Crippen LogP contribution in [0.4, 0.5) is 0 Å². The van der Waals surface area contributed by atoms with Crippen molar-refractivity contribution in [1.29, 1.82) is 0 Å². The molecule has 0 radical (unpaired) electrons. The van der Waals surface area contributed by atoms with Crippen molar-refractivity contribution in [3.05, 3.63) is 24.2 Å². The van der Waals surface area contributed by atoms with Gasteiger partial charge in [0, 0.05) is 6.61 Å². The van der Waals surface area contributed by atoms with Gasteiger partial charge in [-0.15, -0.1) is 0 Å². The lowest BCUT2D eigenvalue weighted by atomic mass is 9.44. The zero-order valence-corrected chi connectivity index (χ0v) is 18.6. The summed E-state index contributed by atoms with van der Waals surface area (Å²) in [4.78, 5) is 0. The molecule has 0 bridgehead atoms. The van der Waals surface area contributed by atoms with E-state index in [2.05, 4.69) is 19.9 Å². The Morgan fingerprint density at radius 3 is 2.66 bits per heavy atom. The van der Waals surface area contributed by atoms with Crippen molar-refractivity contribution in [3.8, 4) is 0 Å². The molecule has 2 N–H and O–H groups in total. The summed E-state index contributed by atoms with van der Waals surface area (Å²) in [6, 6.07) is 2.23. The van der Waals surface area contributed by atoms with Gasteiger partial charge in [0.15, 0.2) is 0 Å². The van der Waals surface area contributed by atoms with E-state index in [0.717, 1.165) is 43.2 Å². The second kappa shape index (κ2) is 7.71. The molecule has 0 amide bonds. The van der Waals surface area contributed by atoms with Crippen molar-refractivity contribution in [1.82, 2.24) is 0 Å². The number of hydrogen-bond donors (Lipinski definition) is 1. The summed E-state index contributed by atoms with van der Waals surface area (Å²) in [5, 5.41) is 0. The standard InChI is InChI=1S/C26H41NO2/c1-25-11-8-20(29-14-3-13-27)16-19(25)4-5-21-23-7-6-22(18-10-15-28-17-18)26(23,2)12-9-24(21)25/h10,15,17,19-24H,3-9,11-14,16,27H2,1-2H3/t19-,20+,21+,22-,23+,24+,25+,26-/m1/s1. The summed E-state index contributed by atoms with van der Waals surface area (Å²) < 4.78 is 11.7. The maximum atomic E-state index is 6.21. The molecule has 1 heterocycles.